The number of benzene rings is 2. The molecule has 0 radical (unpaired) electrons. The van der Waals surface area contributed by atoms with Gasteiger partial charge in [-0.2, -0.15) is 0 Å². The van der Waals surface area contributed by atoms with E-state index in [1.807, 2.05) is 24.3 Å². The number of hydrogen-bond donors (Lipinski definition) is 0. The van der Waals surface area contributed by atoms with Gasteiger partial charge in [0.2, 0.25) is 0 Å². The molecule has 0 saturated carbocycles. The van der Waals surface area contributed by atoms with Crippen molar-refractivity contribution in [1.82, 2.24) is 4.90 Å². The smallest absolute Gasteiger partial charge is 0.309 e. The molecule has 1 saturated heterocycles. The summed E-state index contributed by atoms with van der Waals surface area (Å²) in [5.74, 6) is 1.53. The van der Waals surface area contributed by atoms with E-state index in [1.54, 1.807) is 44.2 Å². The molecule has 1 amide bonds. The van der Waals surface area contributed by atoms with E-state index in [0.717, 1.165) is 5.56 Å². The second-order valence-corrected chi connectivity index (χ2v) is 7.28. The molecule has 1 aliphatic rings. The molecule has 0 atom stereocenters. The highest BCUT2D eigenvalue weighted by Gasteiger charge is 2.29. The summed E-state index contributed by atoms with van der Waals surface area (Å²) in [4.78, 5) is 26.7. The number of likely N-dealkylation sites (tertiary alicyclic amines) is 1. The number of nitrogens with zero attached hydrogens (tertiary/aromatic N) is 1. The third-order valence-corrected chi connectivity index (χ3v) is 5.38. The molecule has 2 aromatic carbocycles. The van der Waals surface area contributed by atoms with Crippen LogP contribution in [0.25, 0.3) is 0 Å². The van der Waals surface area contributed by atoms with Crippen LogP contribution in [-0.2, 0) is 16.1 Å². The highest BCUT2D eigenvalue weighted by atomic mass is 16.5. The van der Waals surface area contributed by atoms with Crippen molar-refractivity contribution in [3.63, 3.8) is 0 Å². The minimum atomic E-state index is -0.171. The highest BCUT2D eigenvalue weighted by molar-refractivity contribution is 5.94. The number of carbonyl (C=O) groups is 2. The minimum Gasteiger partial charge on any atom is -0.496 e. The van der Waals surface area contributed by atoms with Crippen molar-refractivity contribution >= 4 is 11.9 Å². The van der Waals surface area contributed by atoms with Crippen LogP contribution in [0.5, 0.6) is 17.2 Å². The van der Waals surface area contributed by atoms with Crippen LogP contribution in [0.2, 0.25) is 0 Å². The second kappa shape index (κ2) is 10.7. The maximum atomic E-state index is 13.0. The first-order valence-electron chi connectivity index (χ1n) is 10.5. The molecule has 0 bridgehead atoms. The zero-order valence-electron chi connectivity index (χ0n) is 18.3. The van der Waals surface area contributed by atoms with Gasteiger partial charge in [-0.25, -0.2) is 0 Å². The van der Waals surface area contributed by atoms with Crippen molar-refractivity contribution in [2.24, 2.45) is 5.92 Å². The van der Waals surface area contributed by atoms with E-state index in [1.165, 1.54) is 0 Å². The predicted octanol–water partition coefficient (Wildman–Crippen LogP) is 3.70. The molecule has 0 aromatic heterocycles. The minimum absolute atomic E-state index is 0.0662. The number of methoxy groups -OCH3 is 2. The third kappa shape index (κ3) is 5.48. The van der Waals surface area contributed by atoms with Gasteiger partial charge in [0.05, 0.1) is 26.7 Å². The predicted molar refractivity (Wildman–Crippen MR) is 116 cm³/mol. The molecule has 2 aromatic rings. The summed E-state index contributed by atoms with van der Waals surface area (Å²) < 4.78 is 21.8. The molecular weight excluding hydrogens is 398 g/mol. The number of piperidine rings is 1. The number of hydrogen-bond acceptors (Lipinski definition) is 6. The van der Waals surface area contributed by atoms with E-state index < -0.39 is 0 Å². The molecule has 31 heavy (non-hydrogen) atoms. The van der Waals surface area contributed by atoms with Gasteiger partial charge in [0.1, 0.15) is 12.4 Å². The summed E-state index contributed by atoms with van der Waals surface area (Å²) in [6.07, 6.45) is 1.23. The van der Waals surface area contributed by atoms with E-state index in [9.17, 15) is 9.59 Å². The fourth-order valence-electron chi connectivity index (χ4n) is 3.68. The fraction of sp³-hybridized carbons (Fsp3) is 0.417. The Morgan fingerprint density at radius 2 is 1.65 bits per heavy atom. The van der Waals surface area contributed by atoms with Crippen molar-refractivity contribution in [2.45, 2.75) is 26.4 Å². The third-order valence-electron chi connectivity index (χ3n) is 5.38. The lowest BCUT2D eigenvalue weighted by molar-refractivity contribution is -0.149. The first-order chi connectivity index (χ1) is 15.1. The maximum Gasteiger partial charge on any atom is 0.309 e. The Morgan fingerprint density at radius 1 is 0.968 bits per heavy atom. The number of rotatable bonds is 8. The standard InChI is InChI=1S/C24H29NO6/c1-4-30-24(27)17-11-13-25(14-12-17)23(26)18-9-10-20(28-2)19(15-18)16-31-22-8-6-5-7-21(22)29-3/h5-10,15,17H,4,11-14,16H2,1-3H3. The van der Waals surface area contributed by atoms with E-state index in [-0.39, 0.29) is 24.4 Å². The van der Waals surface area contributed by atoms with Gasteiger partial charge in [0, 0.05) is 24.2 Å². The van der Waals surface area contributed by atoms with Crippen LogP contribution in [0.1, 0.15) is 35.7 Å². The molecule has 0 N–H and O–H groups in total. The Morgan fingerprint density at radius 3 is 2.29 bits per heavy atom. The van der Waals surface area contributed by atoms with Crippen LogP contribution in [-0.4, -0.2) is 50.7 Å². The molecular formula is C24H29NO6. The number of esters is 1. The van der Waals surface area contributed by atoms with Crippen LogP contribution in [0.4, 0.5) is 0 Å². The van der Waals surface area contributed by atoms with E-state index >= 15 is 0 Å². The van der Waals surface area contributed by atoms with Crippen LogP contribution < -0.4 is 14.2 Å². The van der Waals surface area contributed by atoms with Crippen molar-refractivity contribution in [3.8, 4) is 17.2 Å². The highest BCUT2D eigenvalue weighted by Crippen LogP contribution is 2.29. The van der Waals surface area contributed by atoms with Crippen LogP contribution in [0.3, 0.4) is 0 Å². The SMILES string of the molecule is CCOC(=O)C1CCN(C(=O)c2ccc(OC)c(COc3ccccc3OC)c2)CC1. The molecule has 166 valence electrons. The van der Waals surface area contributed by atoms with Crippen molar-refractivity contribution in [3.05, 3.63) is 53.6 Å². The van der Waals surface area contributed by atoms with Gasteiger partial charge in [-0.05, 0) is 50.1 Å². The first-order valence-corrected chi connectivity index (χ1v) is 10.5. The van der Waals surface area contributed by atoms with Gasteiger partial charge in [-0.3, -0.25) is 9.59 Å². The van der Waals surface area contributed by atoms with E-state index in [0.29, 0.717) is 55.4 Å². The lowest BCUT2D eigenvalue weighted by Gasteiger charge is -2.31. The molecule has 0 spiro atoms. The lowest BCUT2D eigenvalue weighted by Crippen LogP contribution is -2.40. The molecule has 3 rings (SSSR count). The Balaban J connectivity index is 1.68. The zero-order valence-corrected chi connectivity index (χ0v) is 18.3. The van der Waals surface area contributed by atoms with E-state index in [2.05, 4.69) is 0 Å². The van der Waals surface area contributed by atoms with Gasteiger partial charge < -0.3 is 23.8 Å². The van der Waals surface area contributed by atoms with E-state index in [4.69, 9.17) is 18.9 Å². The summed E-state index contributed by atoms with van der Waals surface area (Å²) >= 11 is 0. The average molecular weight is 427 g/mol. The van der Waals surface area contributed by atoms with Crippen LogP contribution in [0.15, 0.2) is 42.5 Å². The summed E-state index contributed by atoms with van der Waals surface area (Å²) in [7, 11) is 3.18. The van der Waals surface area contributed by atoms with Gasteiger partial charge in [0.25, 0.3) is 5.91 Å². The zero-order chi connectivity index (χ0) is 22.2. The molecule has 1 heterocycles. The van der Waals surface area contributed by atoms with Crippen LogP contribution in [0, 0.1) is 5.92 Å². The van der Waals surface area contributed by atoms with Crippen LogP contribution >= 0.6 is 0 Å². The maximum absolute atomic E-state index is 13.0. The Bertz CT molecular complexity index is 905. The lowest BCUT2D eigenvalue weighted by atomic mass is 9.96. The fourth-order valence-corrected chi connectivity index (χ4v) is 3.68. The summed E-state index contributed by atoms with van der Waals surface area (Å²) in [5.41, 5.74) is 1.33. The number of ether oxygens (including phenoxy) is 4. The van der Waals surface area contributed by atoms with Gasteiger partial charge in [-0.1, -0.05) is 12.1 Å². The van der Waals surface area contributed by atoms with Gasteiger partial charge >= 0.3 is 5.97 Å². The molecule has 1 aliphatic heterocycles. The average Bonchev–Trinajstić information content (AvgIpc) is 2.82. The quantitative estimate of drug-likeness (QED) is 0.598. The summed E-state index contributed by atoms with van der Waals surface area (Å²) in [6, 6.07) is 12.7. The number of carbonyl (C=O) groups excluding carboxylic acids is 2. The molecule has 1 fully saturated rings. The number of para-hydroxylation sites is 2. The number of amides is 1. The summed E-state index contributed by atoms with van der Waals surface area (Å²) in [5, 5.41) is 0. The Hall–Kier alpha value is -3.22. The van der Waals surface area contributed by atoms with Crippen molar-refractivity contribution < 1.29 is 28.5 Å². The molecule has 7 heteroatoms. The topological polar surface area (TPSA) is 74.3 Å². The monoisotopic (exact) mass is 427 g/mol. The Labute approximate surface area is 182 Å². The second-order valence-electron chi connectivity index (χ2n) is 7.28. The van der Waals surface area contributed by atoms with Gasteiger partial charge in [0.15, 0.2) is 11.5 Å². The molecule has 0 aliphatic carbocycles. The summed E-state index contributed by atoms with van der Waals surface area (Å²) in [6.45, 7) is 3.47. The Kier molecular flexibility index (Phi) is 7.76. The van der Waals surface area contributed by atoms with Crippen molar-refractivity contribution in [1.29, 1.82) is 0 Å². The normalized spacial score (nSPS) is 14.1. The largest absolute Gasteiger partial charge is 0.496 e. The van der Waals surface area contributed by atoms with Crippen molar-refractivity contribution in [2.75, 3.05) is 33.9 Å². The van der Waals surface area contributed by atoms with Gasteiger partial charge in [-0.15, -0.1) is 0 Å². The first kappa shape index (κ1) is 22.5. The molecule has 7 nitrogen and oxygen atoms in total. The molecule has 0 unspecified atom stereocenters.